The summed E-state index contributed by atoms with van der Waals surface area (Å²) in [6.45, 7) is 1.43. The smallest absolute Gasteiger partial charge is 0.269 e. The Labute approximate surface area is 134 Å². The molecule has 0 radical (unpaired) electrons. The summed E-state index contributed by atoms with van der Waals surface area (Å²) < 4.78 is 11.2. The lowest BCUT2D eigenvalue weighted by atomic mass is 10.1. The van der Waals surface area contributed by atoms with Crippen molar-refractivity contribution in [1.82, 2.24) is 15.4 Å². The zero-order chi connectivity index (χ0) is 15.9. The topological polar surface area (TPSA) is 85.4 Å². The number of amides is 1. The molecule has 0 saturated carbocycles. The molecule has 1 amide bonds. The van der Waals surface area contributed by atoms with Crippen molar-refractivity contribution in [2.75, 3.05) is 18.6 Å². The molecule has 120 valence electrons. The Morgan fingerprint density at radius 1 is 1.26 bits per heavy atom. The summed E-state index contributed by atoms with van der Waals surface area (Å²) in [6, 6.07) is 8.77. The number of anilines is 1. The lowest BCUT2D eigenvalue weighted by Gasteiger charge is -2.23. The summed E-state index contributed by atoms with van der Waals surface area (Å²) in [4.78, 5) is 19.9. The monoisotopic (exact) mass is 314 g/mol. The van der Waals surface area contributed by atoms with E-state index in [-0.39, 0.29) is 12.0 Å². The van der Waals surface area contributed by atoms with Gasteiger partial charge in [-0.25, -0.2) is 9.97 Å². The molecule has 3 rings (SSSR count). The predicted molar refractivity (Wildman–Crippen MR) is 84.0 cm³/mol. The van der Waals surface area contributed by atoms with E-state index in [1.165, 1.54) is 6.33 Å². The summed E-state index contributed by atoms with van der Waals surface area (Å²) in [5.41, 5.74) is 5.84. The Bertz CT molecular complexity index is 645. The number of ether oxygens (including phenoxy) is 2. The number of aromatic nitrogens is 2. The molecular formula is C16H18N4O3. The van der Waals surface area contributed by atoms with Crippen molar-refractivity contribution in [3.8, 4) is 5.75 Å². The number of hydrogen-bond acceptors (Lipinski definition) is 6. The minimum atomic E-state index is -0.263. The maximum Gasteiger partial charge on any atom is 0.269 e. The van der Waals surface area contributed by atoms with Crippen LogP contribution in [-0.4, -0.2) is 35.2 Å². The second-order valence-electron chi connectivity index (χ2n) is 5.13. The standard InChI is InChI=1S/C16H18N4O3/c21-16(20-19-15-4-7-17-11-18-15)12-2-1-3-14(10-12)23-13-5-8-22-9-6-13/h1-4,7,10-11,13H,5-6,8-9H2,(H,20,21)(H,17,18,19). The van der Waals surface area contributed by atoms with Crippen LogP contribution in [0.2, 0.25) is 0 Å². The first-order chi connectivity index (χ1) is 11.3. The van der Waals surface area contributed by atoms with E-state index in [9.17, 15) is 4.79 Å². The van der Waals surface area contributed by atoms with Gasteiger partial charge in [-0.1, -0.05) is 6.07 Å². The molecule has 0 aliphatic carbocycles. The molecule has 0 bridgehead atoms. The maximum atomic E-state index is 12.2. The quantitative estimate of drug-likeness (QED) is 0.819. The zero-order valence-corrected chi connectivity index (χ0v) is 12.6. The van der Waals surface area contributed by atoms with Gasteiger partial charge in [0, 0.05) is 30.7 Å². The number of rotatable bonds is 5. The first-order valence-corrected chi connectivity index (χ1v) is 7.48. The summed E-state index contributed by atoms with van der Waals surface area (Å²) in [7, 11) is 0. The first kappa shape index (κ1) is 15.2. The van der Waals surface area contributed by atoms with Gasteiger partial charge in [0.05, 0.1) is 13.2 Å². The molecule has 1 saturated heterocycles. The van der Waals surface area contributed by atoms with Crippen LogP contribution >= 0.6 is 0 Å². The average Bonchev–Trinajstić information content (AvgIpc) is 2.62. The van der Waals surface area contributed by atoms with Gasteiger partial charge < -0.3 is 9.47 Å². The van der Waals surface area contributed by atoms with Gasteiger partial charge >= 0.3 is 0 Å². The van der Waals surface area contributed by atoms with Gasteiger partial charge in [0.1, 0.15) is 24.0 Å². The molecule has 0 unspecified atom stereocenters. The van der Waals surface area contributed by atoms with Crippen LogP contribution in [0.5, 0.6) is 5.75 Å². The summed E-state index contributed by atoms with van der Waals surface area (Å²) in [5.74, 6) is 0.940. The van der Waals surface area contributed by atoms with Crippen LogP contribution in [0, 0.1) is 0 Å². The van der Waals surface area contributed by atoms with Crippen LogP contribution < -0.4 is 15.6 Å². The van der Waals surface area contributed by atoms with E-state index in [2.05, 4.69) is 20.8 Å². The Kier molecular flexibility index (Phi) is 5.00. The predicted octanol–water partition coefficient (Wildman–Crippen LogP) is 1.79. The van der Waals surface area contributed by atoms with Gasteiger partial charge in [-0.2, -0.15) is 0 Å². The van der Waals surface area contributed by atoms with E-state index in [1.807, 2.05) is 6.07 Å². The Morgan fingerprint density at radius 2 is 2.13 bits per heavy atom. The van der Waals surface area contributed by atoms with Gasteiger partial charge in [0.2, 0.25) is 0 Å². The average molecular weight is 314 g/mol. The third kappa shape index (κ3) is 4.40. The summed E-state index contributed by atoms with van der Waals surface area (Å²) in [5, 5.41) is 0. The van der Waals surface area contributed by atoms with E-state index in [1.54, 1.807) is 30.5 Å². The number of nitrogens with zero attached hydrogens (tertiary/aromatic N) is 2. The van der Waals surface area contributed by atoms with Crippen molar-refractivity contribution in [3.63, 3.8) is 0 Å². The van der Waals surface area contributed by atoms with Gasteiger partial charge in [0.15, 0.2) is 0 Å². The fourth-order valence-corrected chi connectivity index (χ4v) is 2.25. The highest BCUT2D eigenvalue weighted by Gasteiger charge is 2.16. The number of nitrogens with one attached hydrogen (secondary N) is 2. The van der Waals surface area contributed by atoms with E-state index in [4.69, 9.17) is 9.47 Å². The summed E-state index contributed by atoms with van der Waals surface area (Å²) >= 11 is 0. The molecule has 1 aliphatic heterocycles. The Hall–Kier alpha value is -2.67. The van der Waals surface area contributed by atoms with E-state index in [0.717, 1.165) is 12.8 Å². The molecule has 7 nitrogen and oxygen atoms in total. The molecule has 7 heteroatoms. The maximum absolute atomic E-state index is 12.2. The minimum absolute atomic E-state index is 0.140. The fraction of sp³-hybridized carbons (Fsp3) is 0.312. The van der Waals surface area contributed by atoms with Crippen molar-refractivity contribution in [1.29, 1.82) is 0 Å². The number of benzene rings is 1. The van der Waals surface area contributed by atoms with E-state index in [0.29, 0.717) is 30.3 Å². The molecule has 1 aromatic carbocycles. The van der Waals surface area contributed by atoms with Crippen molar-refractivity contribution < 1.29 is 14.3 Å². The van der Waals surface area contributed by atoms with Gasteiger partial charge in [0.25, 0.3) is 5.91 Å². The van der Waals surface area contributed by atoms with Crippen LogP contribution in [0.1, 0.15) is 23.2 Å². The molecule has 2 N–H and O–H groups in total. The first-order valence-electron chi connectivity index (χ1n) is 7.48. The lowest BCUT2D eigenvalue weighted by molar-refractivity contribution is 0.0255. The molecular weight excluding hydrogens is 296 g/mol. The molecule has 2 aromatic rings. The molecule has 0 atom stereocenters. The van der Waals surface area contributed by atoms with Crippen LogP contribution in [0.25, 0.3) is 0 Å². The number of hydrazine groups is 1. The Balaban J connectivity index is 1.58. The normalized spacial score (nSPS) is 15.0. The Morgan fingerprint density at radius 3 is 2.91 bits per heavy atom. The number of carbonyl (C=O) groups excluding carboxylic acids is 1. The molecule has 1 aromatic heterocycles. The van der Waals surface area contributed by atoms with Crippen molar-refractivity contribution in [2.24, 2.45) is 0 Å². The van der Waals surface area contributed by atoms with Crippen molar-refractivity contribution >= 4 is 11.7 Å². The SMILES string of the molecule is O=C(NNc1ccncn1)c1cccc(OC2CCOCC2)c1. The van der Waals surface area contributed by atoms with Gasteiger partial charge in [-0.05, 0) is 18.2 Å². The lowest BCUT2D eigenvalue weighted by Crippen LogP contribution is -2.30. The molecule has 1 fully saturated rings. The third-order valence-electron chi connectivity index (χ3n) is 3.45. The molecule has 0 spiro atoms. The van der Waals surface area contributed by atoms with Gasteiger partial charge in [-0.15, -0.1) is 0 Å². The van der Waals surface area contributed by atoms with Crippen molar-refractivity contribution in [2.45, 2.75) is 18.9 Å². The summed E-state index contributed by atoms with van der Waals surface area (Å²) in [6.07, 6.45) is 4.86. The van der Waals surface area contributed by atoms with Crippen LogP contribution in [-0.2, 0) is 4.74 Å². The highest BCUT2D eigenvalue weighted by Crippen LogP contribution is 2.19. The molecule has 2 heterocycles. The zero-order valence-electron chi connectivity index (χ0n) is 12.6. The highest BCUT2D eigenvalue weighted by atomic mass is 16.5. The fourth-order valence-electron chi connectivity index (χ4n) is 2.25. The van der Waals surface area contributed by atoms with Gasteiger partial charge in [-0.3, -0.25) is 15.6 Å². The minimum Gasteiger partial charge on any atom is -0.490 e. The van der Waals surface area contributed by atoms with E-state index < -0.39 is 0 Å². The molecule has 23 heavy (non-hydrogen) atoms. The van der Waals surface area contributed by atoms with Crippen LogP contribution in [0.3, 0.4) is 0 Å². The second kappa shape index (κ2) is 7.55. The second-order valence-corrected chi connectivity index (χ2v) is 5.13. The van der Waals surface area contributed by atoms with Crippen LogP contribution in [0.15, 0.2) is 42.9 Å². The highest BCUT2D eigenvalue weighted by molar-refractivity contribution is 5.95. The number of hydrogen-bond donors (Lipinski definition) is 2. The third-order valence-corrected chi connectivity index (χ3v) is 3.45. The number of carbonyl (C=O) groups is 1. The van der Waals surface area contributed by atoms with Crippen molar-refractivity contribution in [3.05, 3.63) is 48.4 Å². The largest absolute Gasteiger partial charge is 0.490 e. The molecule has 1 aliphatic rings. The van der Waals surface area contributed by atoms with E-state index >= 15 is 0 Å². The van der Waals surface area contributed by atoms with Crippen LogP contribution in [0.4, 0.5) is 5.82 Å².